The first-order chi connectivity index (χ1) is 7.75. The molecule has 0 fully saturated rings. The van der Waals surface area contributed by atoms with Crippen molar-refractivity contribution in [3.05, 3.63) is 23.8 Å². The largest absolute Gasteiger partial charge is 0.392 e. The van der Waals surface area contributed by atoms with Gasteiger partial charge >= 0.3 is 0 Å². The van der Waals surface area contributed by atoms with Crippen molar-refractivity contribution in [3.8, 4) is 0 Å². The summed E-state index contributed by atoms with van der Waals surface area (Å²) in [4.78, 5) is 4.12. The summed E-state index contributed by atoms with van der Waals surface area (Å²) in [5.74, 6) is 0.851. The molecule has 1 aliphatic rings. The molecular weight excluding hydrogens is 202 g/mol. The number of allylic oxidation sites excluding steroid dienone is 1. The van der Waals surface area contributed by atoms with Crippen LogP contribution in [-0.4, -0.2) is 26.0 Å². The van der Waals surface area contributed by atoms with Crippen LogP contribution in [0.15, 0.2) is 18.0 Å². The molecule has 16 heavy (non-hydrogen) atoms. The van der Waals surface area contributed by atoms with Crippen LogP contribution in [0, 0.1) is 0 Å². The maximum atomic E-state index is 9.98. The Kier molecular flexibility index (Phi) is 3.72. The molecule has 0 radical (unpaired) electrons. The van der Waals surface area contributed by atoms with Crippen LogP contribution in [0.2, 0.25) is 0 Å². The van der Waals surface area contributed by atoms with Gasteiger partial charge in [-0.25, -0.2) is 4.98 Å². The highest BCUT2D eigenvalue weighted by Gasteiger charge is 2.13. The van der Waals surface area contributed by atoms with Crippen molar-refractivity contribution >= 4 is 0 Å². The Morgan fingerprint density at radius 3 is 2.94 bits per heavy atom. The van der Waals surface area contributed by atoms with E-state index in [2.05, 4.69) is 16.2 Å². The number of nitrogens with zero attached hydrogens (tertiary/aromatic N) is 3. The maximum absolute atomic E-state index is 9.98. The van der Waals surface area contributed by atoms with E-state index in [0.29, 0.717) is 6.42 Å². The predicted molar refractivity (Wildman–Crippen MR) is 61.9 cm³/mol. The highest BCUT2D eigenvalue weighted by molar-refractivity contribution is 5.07. The molecule has 1 heterocycles. The molecule has 0 bridgehead atoms. The number of hydrogen-bond donors (Lipinski definition) is 1. The summed E-state index contributed by atoms with van der Waals surface area (Å²) < 4.78 is 1.72. The molecule has 0 aromatic carbocycles. The zero-order valence-corrected chi connectivity index (χ0v) is 9.76. The minimum atomic E-state index is -0.327. The first-order valence-corrected chi connectivity index (χ1v) is 5.94. The molecule has 0 aliphatic heterocycles. The zero-order chi connectivity index (χ0) is 11.4. The molecular formula is C12H19N3O. The Labute approximate surface area is 96.0 Å². The molecule has 4 nitrogen and oxygen atoms in total. The Bertz CT molecular complexity index is 370. The van der Waals surface area contributed by atoms with E-state index < -0.39 is 0 Å². The standard InChI is InChI=1S/C12H19N3O/c1-15-12(13-9-14-15)8-11(16)7-10-5-3-2-4-6-10/h5,9,11,16H,2-4,6-8H2,1H3. The Morgan fingerprint density at radius 2 is 2.31 bits per heavy atom. The van der Waals surface area contributed by atoms with E-state index in [9.17, 15) is 5.11 Å². The van der Waals surface area contributed by atoms with E-state index in [1.54, 1.807) is 4.68 Å². The second-order valence-electron chi connectivity index (χ2n) is 4.47. The van der Waals surface area contributed by atoms with Crippen LogP contribution >= 0.6 is 0 Å². The van der Waals surface area contributed by atoms with Crippen molar-refractivity contribution in [1.29, 1.82) is 0 Å². The zero-order valence-electron chi connectivity index (χ0n) is 9.76. The smallest absolute Gasteiger partial charge is 0.138 e. The fraction of sp³-hybridized carbons (Fsp3) is 0.667. The van der Waals surface area contributed by atoms with Gasteiger partial charge in [-0.1, -0.05) is 11.6 Å². The number of rotatable bonds is 4. The minimum absolute atomic E-state index is 0.327. The quantitative estimate of drug-likeness (QED) is 0.786. The van der Waals surface area contributed by atoms with Crippen LogP contribution < -0.4 is 0 Å². The molecule has 0 saturated heterocycles. The number of aliphatic hydroxyl groups is 1. The van der Waals surface area contributed by atoms with Gasteiger partial charge in [0, 0.05) is 13.5 Å². The molecule has 4 heteroatoms. The Morgan fingerprint density at radius 1 is 1.44 bits per heavy atom. The van der Waals surface area contributed by atoms with Crippen LogP contribution in [0.1, 0.15) is 37.9 Å². The summed E-state index contributed by atoms with van der Waals surface area (Å²) in [5.41, 5.74) is 1.40. The Hall–Kier alpha value is -1.16. The fourth-order valence-corrected chi connectivity index (χ4v) is 2.18. The maximum Gasteiger partial charge on any atom is 0.138 e. The summed E-state index contributed by atoms with van der Waals surface area (Å²) in [6.07, 6.45) is 9.74. The summed E-state index contributed by atoms with van der Waals surface area (Å²) >= 11 is 0. The van der Waals surface area contributed by atoms with E-state index >= 15 is 0 Å². The van der Waals surface area contributed by atoms with Crippen LogP contribution in [0.5, 0.6) is 0 Å². The SMILES string of the molecule is Cn1ncnc1CC(O)CC1=CCCCC1. The lowest BCUT2D eigenvalue weighted by molar-refractivity contribution is 0.169. The van der Waals surface area contributed by atoms with Crippen LogP contribution in [0.4, 0.5) is 0 Å². The number of aryl methyl sites for hydroxylation is 1. The lowest BCUT2D eigenvalue weighted by Crippen LogP contribution is -2.15. The van der Waals surface area contributed by atoms with Crippen molar-refractivity contribution < 1.29 is 5.11 Å². The highest BCUT2D eigenvalue weighted by Crippen LogP contribution is 2.22. The summed E-state index contributed by atoms with van der Waals surface area (Å²) in [7, 11) is 1.86. The molecule has 1 aromatic rings. The van der Waals surface area contributed by atoms with Crippen molar-refractivity contribution in [2.45, 2.75) is 44.6 Å². The molecule has 0 saturated carbocycles. The highest BCUT2D eigenvalue weighted by atomic mass is 16.3. The molecule has 1 N–H and O–H groups in total. The molecule has 1 aliphatic carbocycles. The van der Waals surface area contributed by atoms with Gasteiger partial charge in [0.05, 0.1) is 6.10 Å². The van der Waals surface area contributed by atoms with Crippen LogP contribution in [0.3, 0.4) is 0 Å². The predicted octanol–water partition coefficient (Wildman–Crippen LogP) is 1.61. The average molecular weight is 221 g/mol. The van der Waals surface area contributed by atoms with Crippen LogP contribution in [-0.2, 0) is 13.5 Å². The molecule has 2 rings (SSSR count). The van der Waals surface area contributed by atoms with Gasteiger partial charge in [-0.05, 0) is 32.1 Å². The molecule has 88 valence electrons. The molecule has 1 atom stereocenters. The van der Waals surface area contributed by atoms with E-state index in [-0.39, 0.29) is 6.10 Å². The number of aliphatic hydroxyl groups excluding tert-OH is 1. The molecule has 0 amide bonds. The topological polar surface area (TPSA) is 50.9 Å². The van der Waals surface area contributed by atoms with E-state index in [4.69, 9.17) is 0 Å². The number of hydrogen-bond acceptors (Lipinski definition) is 3. The van der Waals surface area contributed by atoms with Gasteiger partial charge in [-0.3, -0.25) is 4.68 Å². The van der Waals surface area contributed by atoms with Gasteiger partial charge in [-0.15, -0.1) is 0 Å². The lowest BCUT2D eigenvalue weighted by Gasteiger charge is -2.16. The minimum Gasteiger partial charge on any atom is -0.392 e. The third-order valence-corrected chi connectivity index (χ3v) is 3.11. The third kappa shape index (κ3) is 2.92. The van der Waals surface area contributed by atoms with E-state index in [1.165, 1.54) is 31.2 Å². The van der Waals surface area contributed by atoms with Gasteiger partial charge < -0.3 is 5.11 Å². The van der Waals surface area contributed by atoms with Crippen molar-refractivity contribution in [3.63, 3.8) is 0 Å². The van der Waals surface area contributed by atoms with Gasteiger partial charge in [0.1, 0.15) is 12.2 Å². The van der Waals surface area contributed by atoms with Gasteiger partial charge in [-0.2, -0.15) is 5.10 Å². The van der Waals surface area contributed by atoms with E-state index in [0.717, 1.165) is 18.7 Å². The molecule has 0 spiro atoms. The first-order valence-electron chi connectivity index (χ1n) is 5.94. The van der Waals surface area contributed by atoms with Crippen molar-refractivity contribution in [2.75, 3.05) is 0 Å². The average Bonchev–Trinajstić information content (AvgIpc) is 2.66. The monoisotopic (exact) mass is 221 g/mol. The van der Waals surface area contributed by atoms with Crippen molar-refractivity contribution in [2.24, 2.45) is 7.05 Å². The summed E-state index contributed by atoms with van der Waals surface area (Å²) in [5, 5.41) is 14.0. The second kappa shape index (κ2) is 5.25. The summed E-state index contributed by atoms with van der Waals surface area (Å²) in [6, 6.07) is 0. The van der Waals surface area contributed by atoms with E-state index in [1.807, 2.05) is 7.05 Å². The lowest BCUT2D eigenvalue weighted by atomic mass is 9.94. The molecule has 1 aromatic heterocycles. The number of aromatic nitrogens is 3. The second-order valence-corrected chi connectivity index (χ2v) is 4.47. The van der Waals surface area contributed by atoms with Gasteiger partial charge in [0.25, 0.3) is 0 Å². The van der Waals surface area contributed by atoms with Gasteiger partial charge in [0.15, 0.2) is 0 Å². The van der Waals surface area contributed by atoms with Crippen molar-refractivity contribution in [1.82, 2.24) is 14.8 Å². The normalized spacial score (nSPS) is 18.2. The third-order valence-electron chi connectivity index (χ3n) is 3.11. The summed E-state index contributed by atoms with van der Waals surface area (Å²) in [6.45, 7) is 0. The fourth-order valence-electron chi connectivity index (χ4n) is 2.18. The Balaban J connectivity index is 1.86. The van der Waals surface area contributed by atoms with Crippen LogP contribution in [0.25, 0.3) is 0 Å². The molecule has 1 unspecified atom stereocenters. The van der Waals surface area contributed by atoms with Gasteiger partial charge in [0.2, 0.25) is 0 Å². The first kappa shape index (κ1) is 11.3.